The van der Waals surface area contributed by atoms with Crippen LogP contribution in [-0.2, 0) is 11.3 Å². The number of rotatable bonds is 7. The maximum atomic E-state index is 13.4. The van der Waals surface area contributed by atoms with Crippen LogP contribution in [0.25, 0.3) is 32.8 Å². The topological polar surface area (TPSA) is 60.3 Å². The van der Waals surface area contributed by atoms with Crippen LogP contribution in [0.4, 0.5) is 0 Å². The lowest BCUT2D eigenvalue weighted by Crippen LogP contribution is -2.26. The van der Waals surface area contributed by atoms with Crippen molar-refractivity contribution < 1.29 is 14.3 Å². The van der Waals surface area contributed by atoms with Crippen molar-refractivity contribution in [1.82, 2.24) is 9.88 Å². The van der Waals surface area contributed by atoms with E-state index in [9.17, 15) is 9.59 Å². The van der Waals surface area contributed by atoms with Crippen LogP contribution in [-0.4, -0.2) is 22.0 Å². The lowest BCUT2D eigenvalue weighted by Gasteiger charge is -2.20. The number of nitrogens with one attached hydrogen (secondary N) is 1. The molecule has 5 aromatic carbocycles. The number of aryl methyl sites for hydroxylation is 1. The Labute approximate surface area is 270 Å². The number of hydrogen-bond acceptors (Lipinski definition) is 3. The van der Waals surface area contributed by atoms with Gasteiger partial charge in [0.2, 0.25) is 0 Å². The van der Waals surface area contributed by atoms with Crippen molar-refractivity contribution in [3.63, 3.8) is 0 Å². The summed E-state index contributed by atoms with van der Waals surface area (Å²) < 4.78 is 7.95. The van der Waals surface area contributed by atoms with E-state index in [1.54, 1.807) is 0 Å². The first-order valence-electron chi connectivity index (χ1n) is 15.8. The average Bonchev–Trinajstić information content (AvgIpc) is 3.28. The molecular formula is C41H40N2O3. The van der Waals surface area contributed by atoms with E-state index >= 15 is 0 Å². The average molecular weight is 609 g/mol. The van der Waals surface area contributed by atoms with E-state index in [-0.39, 0.29) is 17.9 Å². The van der Waals surface area contributed by atoms with Gasteiger partial charge >= 0.3 is 5.97 Å². The third-order valence-corrected chi connectivity index (χ3v) is 8.67. The summed E-state index contributed by atoms with van der Waals surface area (Å²) in [5.74, 6) is -0.414. The van der Waals surface area contributed by atoms with Gasteiger partial charge in [-0.15, -0.1) is 0 Å². The summed E-state index contributed by atoms with van der Waals surface area (Å²) in [6, 6.07) is 36.3. The van der Waals surface area contributed by atoms with Gasteiger partial charge in [0.25, 0.3) is 5.91 Å². The molecule has 0 bridgehead atoms. The van der Waals surface area contributed by atoms with E-state index < -0.39 is 5.60 Å². The molecule has 1 N–H and O–H groups in total. The minimum Gasteiger partial charge on any atom is -0.456 e. The molecule has 1 amide bonds. The fourth-order valence-electron chi connectivity index (χ4n) is 6.05. The zero-order valence-corrected chi connectivity index (χ0v) is 27.3. The molecule has 46 heavy (non-hydrogen) atoms. The van der Waals surface area contributed by atoms with Gasteiger partial charge in [-0.1, -0.05) is 78.9 Å². The molecule has 0 spiro atoms. The molecular weight excluding hydrogens is 568 g/mol. The summed E-state index contributed by atoms with van der Waals surface area (Å²) in [5.41, 5.74) is 8.08. The van der Waals surface area contributed by atoms with Gasteiger partial charge in [0.05, 0.1) is 11.6 Å². The number of carbonyl (C=O) groups is 2. The fourth-order valence-corrected chi connectivity index (χ4v) is 6.05. The summed E-state index contributed by atoms with van der Waals surface area (Å²) >= 11 is 0. The quantitative estimate of drug-likeness (QED) is 0.184. The van der Waals surface area contributed by atoms with E-state index in [0.29, 0.717) is 17.7 Å². The highest BCUT2D eigenvalue weighted by Gasteiger charge is 2.21. The van der Waals surface area contributed by atoms with Gasteiger partial charge in [-0.25, -0.2) is 4.79 Å². The predicted octanol–water partition coefficient (Wildman–Crippen LogP) is 9.57. The Hall–Kier alpha value is -5.16. The molecule has 0 aliphatic heterocycles. The number of fused-ring (bicyclic) bond motifs is 2. The first-order chi connectivity index (χ1) is 22.0. The first kappa shape index (κ1) is 30.8. The molecule has 0 aliphatic carbocycles. The highest BCUT2D eigenvalue weighted by Crippen LogP contribution is 2.30. The molecule has 0 radical (unpaired) electrons. The number of nitrogens with zero attached hydrogens (tertiary/aromatic N) is 1. The van der Waals surface area contributed by atoms with Crippen LogP contribution in [0, 0.1) is 13.8 Å². The van der Waals surface area contributed by atoms with Gasteiger partial charge in [-0.3, -0.25) is 4.79 Å². The lowest BCUT2D eigenvalue weighted by molar-refractivity contribution is 0.00703. The van der Waals surface area contributed by atoms with E-state index in [4.69, 9.17) is 4.74 Å². The zero-order valence-electron chi connectivity index (χ0n) is 27.3. The highest BCUT2D eigenvalue weighted by atomic mass is 16.6. The molecule has 6 aromatic rings. The van der Waals surface area contributed by atoms with E-state index in [1.165, 1.54) is 5.39 Å². The fraction of sp³-hybridized carbons (Fsp3) is 0.220. The molecule has 1 heterocycles. The maximum Gasteiger partial charge on any atom is 0.339 e. The van der Waals surface area contributed by atoms with Gasteiger partial charge in [0.1, 0.15) is 5.60 Å². The van der Waals surface area contributed by atoms with E-state index in [0.717, 1.165) is 49.8 Å². The highest BCUT2D eigenvalue weighted by molar-refractivity contribution is 6.00. The number of amides is 1. The van der Waals surface area contributed by atoms with Crippen LogP contribution >= 0.6 is 0 Å². The first-order valence-corrected chi connectivity index (χ1v) is 15.8. The summed E-state index contributed by atoms with van der Waals surface area (Å²) in [6.07, 6.45) is 0. The standard InChI is InChI=1S/C41H40N2O3/c1-26-28(3)43(25-29-15-17-31(18-16-29)35-13-9-10-14-36(35)40(45)46-41(4,5)6)38-22-21-34(24-37(26)38)39(44)42-27(2)32-20-19-30-11-7-8-12-33(30)23-32/h7-24,27H,25H2,1-6H3,(H,42,44). The van der Waals surface area contributed by atoms with Crippen molar-refractivity contribution >= 4 is 33.6 Å². The second kappa shape index (κ2) is 12.3. The summed E-state index contributed by atoms with van der Waals surface area (Å²) in [7, 11) is 0. The van der Waals surface area contributed by atoms with Crippen molar-refractivity contribution in [1.29, 1.82) is 0 Å². The lowest BCUT2D eigenvalue weighted by atomic mass is 9.98. The predicted molar refractivity (Wildman–Crippen MR) is 187 cm³/mol. The molecule has 0 saturated carbocycles. The van der Waals surface area contributed by atoms with Crippen molar-refractivity contribution in [3.8, 4) is 11.1 Å². The molecule has 1 atom stereocenters. The van der Waals surface area contributed by atoms with Crippen LogP contribution in [0.15, 0.2) is 109 Å². The smallest absolute Gasteiger partial charge is 0.339 e. The molecule has 1 unspecified atom stereocenters. The van der Waals surface area contributed by atoms with Crippen LogP contribution < -0.4 is 5.32 Å². The van der Waals surface area contributed by atoms with Gasteiger partial charge in [-0.05, 0) is 110 Å². The molecule has 6 rings (SSSR count). The van der Waals surface area contributed by atoms with Gasteiger partial charge in [0, 0.05) is 28.7 Å². The second-order valence-electron chi connectivity index (χ2n) is 13.1. The van der Waals surface area contributed by atoms with E-state index in [1.807, 2.05) is 76.2 Å². The summed E-state index contributed by atoms with van der Waals surface area (Å²) in [6.45, 7) is 12.6. The van der Waals surface area contributed by atoms with Crippen LogP contribution in [0.2, 0.25) is 0 Å². The number of esters is 1. The van der Waals surface area contributed by atoms with Gasteiger partial charge < -0.3 is 14.6 Å². The number of benzene rings is 5. The number of ether oxygens (including phenoxy) is 1. The van der Waals surface area contributed by atoms with Crippen LogP contribution in [0.1, 0.15) is 76.8 Å². The van der Waals surface area contributed by atoms with Crippen molar-refractivity contribution in [2.45, 2.75) is 59.7 Å². The number of hydrogen-bond donors (Lipinski definition) is 1. The molecule has 232 valence electrons. The SMILES string of the molecule is Cc1c(C)n(Cc2ccc(-c3ccccc3C(=O)OC(C)(C)C)cc2)c2ccc(C(=O)NC(C)c3ccc4ccccc4c3)cc12. The molecule has 0 aliphatic rings. The molecule has 5 heteroatoms. The van der Waals surface area contributed by atoms with Crippen molar-refractivity contribution in [3.05, 3.63) is 143 Å². The molecule has 5 nitrogen and oxygen atoms in total. The Morgan fingerprint density at radius 3 is 2.24 bits per heavy atom. The zero-order chi connectivity index (χ0) is 32.6. The maximum absolute atomic E-state index is 13.4. The molecule has 1 aromatic heterocycles. The summed E-state index contributed by atoms with van der Waals surface area (Å²) in [5, 5.41) is 6.61. The Morgan fingerprint density at radius 2 is 1.50 bits per heavy atom. The van der Waals surface area contributed by atoms with E-state index in [2.05, 4.69) is 84.4 Å². The summed E-state index contributed by atoms with van der Waals surface area (Å²) in [4.78, 5) is 26.3. The van der Waals surface area contributed by atoms with Gasteiger partial charge in [0.15, 0.2) is 0 Å². The van der Waals surface area contributed by atoms with Crippen LogP contribution in [0.3, 0.4) is 0 Å². The Bertz CT molecular complexity index is 2080. The Morgan fingerprint density at radius 1 is 0.804 bits per heavy atom. The number of aromatic nitrogens is 1. The van der Waals surface area contributed by atoms with Crippen molar-refractivity contribution in [2.75, 3.05) is 0 Å². The molecule has 0 saturated heterocycles. The number of carbonyl (C=O) groups excluding carboxylic acids is 2. The Kier molecular flexibility index (Phi) is 8.26. The van der Waals surface area contributed by atoms with Crippen molar-refractivity contribution in [2.24, 2.45) is 0 Å². The normalized spacial score (nSPS) is 12.3. The molecule has 0 fully saturated rings. The minimum absolute atomic E-state index is 0.0883. The second-order valence-corrected chi connectivity index (χ2v) is 13.1. The largest absolute Gasteiger partial charge is 0.456 e. The third-order valence-electron chi connectivity index (χ3n) is 8.67. The van der Waals surface area contributed by atoms with Gasteiger partial charge in [-0.2, -0.15) is 0 Å². The Balaban J connectivity index is 1.21. The monoisotopic (exact) mass is 608 g/mol. The third kappa shape index (κ3) is 6.32. The minimum atomic E-state index is -0.565. The van der Waals surface area contributed by atoms with Crippen LogP contribution in [0.5, 0.6) is 0 Å².